The molecule has 0 bridgehead atoms. The van der Waals surface area contributed by atoms with Crippen molar-refractivity contribution >= 4 is 5.78 Å². The van der Waals surface area contributed by atoms with Crippen LogP contribution < -0.4 is 9.47 Å². The number of hydrogen-bond donors (Lipinski definition) is 0. The third kappa shape index (κ3) is 4.07. The largest absolute Gasteiger partial charge is 0.497 e. The lowest BCUT2D eigenvalue weighted by Crippen LogP contribution is -2.20. The lowest BCUT2D eigenvalue weighted by molar-refractivity contribution is 0.101. The third-order valence-electron chi connectivity index (χ3n) is 2.36. The molecule has 0 N–H and O–H groups in total. The zero-order valence-corrected chi connectivity index (χ0v) is 10.8. The number of Topliss-reactive ketones (excluding diaryl/α,β-unsaturated/α-hetero) is 1. The van der Waals surface area contributed by atoms with Crippen molar-refractivity contribution in [1.82, 2.24) is 4.90 Å². The van der Waals surface area contributed by atoms with Gasteiger partial charge in [-0.15, -0.1) is 0 Å². The molecule has 0 radical (unpaired) electrons. The Labute approximate surface area is 102 Å². The lowest BCUT2D eigenvalue weighted by Gasteiger charge is -2.13. The van der Waals surface area contributed by atoms with Crippen molar-refractivity contribution in [2.45, 2.75) is 6.92 Å². The number of hydrogen-bond acceptors (Lipinski definition) is 4. The van der Waals surface area contributed by atoms with Crippen LogP contribution in [0.1, 0.15) is 17.3 Å². The molecule has 1 aromatic carbocycles. The number of methoxy groups -OCH3 is 1. The summed E-state index contributed by atoms with van der Waals surface area (Å²) in [7, 11) is 5.54. The fourth-order valence-corrected chi connectivity index (χ4v) is 1.38. The Morgan fingerprint density at radius 3 is 2.59 bits per heavy atom. The van der Waals surface area contributed by atoms with Crippen molar-refractivity contribution < 1.29 is 14.3 Å². The van der Waals surface area contributed by atoms with E-state index in [0.29, 0.717) is 23.7 Å². The van der Waals surface area contributed by atoms with Gasteiger partial charge in [-0.1, -0.05) is 0 Å². The van der Waals surface area contributed by atoms with Gasteiger partial charge in [0.15, 0.2) is 5.78 Å². The van der Waals surface area contributed by atoms with E-state index in [1.165, 1.54) is 6.92 Å². The normalized spacial score (nSPS) is 10.4. The minimum Gasteiger partial charge on any atom is -0.497 e. The molecule has 0 aliphatic rings. The summed E-state index contributed by atoms with van der Waals surface area (Å²) in [5, 5.41) is 0. The van der Waals surface area contributed by atoms with E-state index in [4.69, 9.17) is 9.47 Å². The summed E-state index contributed by atoms with van der Waals surface area (Å²) < 4.78 is 10.7. The molecule has 0 heterocycles. The molecule has 17 heavy (non-hydrogen) atoms. The molecule has 0 fully saturated rings. The van der Waals surface area contributed by atoms with Gasteiger partial charge in [0.05, 0.1) is 12.7 Å². The molecule has 0 aliphatic heterocycles. The lowest BCUT2D eigenvalue weighted by atomic mass is 10.1. The second-order valence-electron chi connectivity index (χ2n) is 4.07. The first-order chi connectivity index (χ1) is 8.04. The molecule has 1 rings (SSSR count). The highest BCUT2D eigenvalue weighted by molar-refractivity contribution is 5.97. The molecule has 4 nitrogen and oxygen atoms in total. The van der Waals surface area contributed by atoms with Gasteiger partial charge in [-0.2, -0.15) is 0 Å². The van der Waals surface area contributed by atoms with Crippen LogP contribution in [-0.2, 0) is 0 Å². The second kappa shape index (κ2) is 6.25. The van der Waals surface area contributed by atoms with Gasteiger partial charge in [0.1, 0.15) is 18.1 Å². The third-order valence-corrected chi connectivity index (χ3v) is 2.36. The van der Waals surface area contributed by atoms with Crippen LogP contribution in [0, 0.1) is 0 Å². The zero-order valence-electron chi connectivity index (χ0n) is 10.8. The molecule has 4 heteroatoms. The second-order valence-corrected chi connectivity index (χ2v) is 4.07. The summed E-state index contributed by atoms with van der Waals surface area (Å²) >= 11 is 0. The molecule has 0 spiro atoms. The maximum absolute atomic E-state index is 11.4. The van der Waals surface area contributed by atoms with E-state index in [0.717, 1.165) is 6.54 Å². The van der Waals surface area contributed by atoms with Gasteiger partial charge >= 0.3 is 0 Å². The SMILES string of the molecule is COc1ccc(C(C)=O)c(OCCN(C)C)c1. The maximum Gasteiger partial charge on any atom is 0.163 e. The Balaban J connectivity index is 2.82. The van der Waals surface area contributed by atoms with E-state index in [9.17, 15) is 4.79 Å². The molecular formula is C13H19NO3. The number of ketones is 1. The average molecular weight is 237 g/mol. The monoisotopic (exact) mass is 237 g/mol. The van der Waals surface area contributed by atoms with Crippen molar-refractivity contribution in [1.29, 1.82) is 0 Å². The highest BCUT2D eigenvalue weighted by Crippen LogP contribution is 2.25. The molecule has 94 valence electrons. The van der Waals surface area contributed by atoms with Crippen LogP contribution in [0.4, 0.5) is 0 Å². The molecule has 0 aromatic heterocycles. The van der Waals surface area contributed by atoms with Crippen LogP contribution >= 0.6 is 0 Å². The Kier molecular flexibility index (Phi) is 4.97. The number of nitrogens with zero attached hydrogens (tertiary/aromatic N) is 1. The minimum atomic E-state index is -0.00694. The van der Waals surface area contributed by atoms with Gasteiger partial charge in [0.25, 0.3) is 0 Å². The summed E-state index contributed by atoms with van der Waals surface area (Å²) in [5.74, 6) is 1.26. The fraction of sp³-hybridized carbons (Fsp3) is 0.462. The Hall–Kier alpha value is -1.55. The quantitative estimate of drug-likeness (QED) is 0.708. The standard InChI is InChI=1S/C13H19NO3/c1-10(15)12-6-5-11(16-4)9-13(12)17-8-7-14(2)3/h5-6,9H,7-8H2,1-4H3. The molecule has 1 aromatic rings. The highest BCUT2D eigenvalue weighted by Gasteiger charge is 2.09. The van der Waals surface area contributed by atoms with Crippen molar-refractivity contribution in [2.75, 3.05) is 34.4 Å². The Morgan fingerprint density at radius 2 is 2.06 bits per heavy atom. The number of ether oxygens (including phenoxy) is 2. The number of carbonyl (C=O) groups is 1. The van der Waals surface area contributed by atoms with Gasteiger partial charge in [-0.25, -0.2) is 0 Å². The first-order valence-electron chi connectivity index (χ1n) is 5.51. The van der Waals surface area contributed by atoms with Crippen LogP contribution in [0.3, 0.4) is 0 Å². The van der Waals surface area contributed by atoms with Crippen LogP contribution in [0.2, 0.25) is 0 Å². The van der Waals surface area contributed by atoms with E-state index in [1.807, 2.05) is 19.0 Å². The van der Waals surface area contributed by atoms with Crippen molar-refractivity contribution in [2.24, 2.45) is 0 Å². The van der Waals surface area contributed by atoms with Crippen molar-refractivity contribution in [3.8, 4) is 11.5 Å². The maximum atomic E-state index is 11.4. The zero-order chi connectivity index (χ0) is 12.8. The minimum absolute atomic E-state index is 0.00694. The van der Waals surface area contributed by atoms with Gasteiger partial charge in [0.2, 0.25) is 0 Å². The van der Waals surface area contributed by atoms with Crippen molar-refractivity contribution in [3.63, 3.8) is 0 Å². The van der Waals surface area contributed by atoms with Crippen LogP contribution in [-0.4, -0.2) is 45.0 Å². The van der Waals surface area contributed by atoms with Gasteiger partial charge in [-0.3, -0.25) is 4.79 Å². The van der Waals surface area contributed by atoms with Gasteiger partial charge in [-0.05, 0) is 33.2 Å². The highest BCUT2D eigenvalue weighted by atomic mass is 16.5. The van der Waals surface area contributed by atoms with Gasteiger partial charge < -0.3 is 14.4 Å². The first-order valence-corrected chi connectivity index (χ1v) is 5.51. The topological polar surface area (TPSA) is 38.8 Å². The molecule has 0 saturated heterocycles. The predicted octanol–water partition coefficient (Wildman–Crippen LogP) is 1.84. The Morgan fingerprint density at radius 1 is 1.35 bits per heavy atom. The molecule has 0 atom stereocenters. The van der Waals surface area contributed by atoms with Crippen LogP contribution in [0.5, 0.6) is 11.5 Å². The van der Waals surface area contributed by atoms with E-state index < -0.39 is 0 Å². The molecular weight excluding hydrogens is 218 g/mol. The summed E-state index contributed by atoms with van der Waals surface area (Å²) in [6.45, 7) is 2.87. The molecule has 0 unspecified atom stereocenters. The van der Waals surface area contributed by atoms with E-state index in [1.54, 1.807) is 25.3 Å². The summed E-state index contributed by atoms with van der Waals surface area (Å²) in [6.07, 6.45) is 0. The average Bonchev–Trinajstić information content (AvgIpc) is 2.28. The fourth-order valence-electron chi connectivity index (χ4n) is 1.38. The van der Waals surface area contributed by atoms with Gasteiger partial charge in [0, 0.05) is 12.6 Å². The summed E-state index contributed by atoms with van der Waals surface area (Å²) in [5.41, 5.74) is 0.588. The van der Waals surface area contributed by atoms with E-state index in [2.05, 4.69) is 0 Å². The van der Waals surface area contributed by atoms with Crippen LogP contribution in [0.15, 0.2) is 18.2 Å². The number of carbonyl (C=O) groups excluding carboxylic acids is 1. The first kappa shape index (κ1) is 13.5. The molecule has 0 saturated carbocycles. The van der Waals surface area contributed by atoms with E-state index in [-0.39, 0.29) is 5.78 Å². The number of benzene rings is 1. The number of rotatable bonds is 6. The molecule has 0 aliphatic carbocycles. The van der Waals surface area contributed by atoms with Crippen molar-refractivity contribution in [3.05, 3.63) is 23.8 Å². The Bertz CT molecular complexity index is 388. The predicted molar refractivity (Wildman–Crippen MR) is 67.0 cm³/mol. The van der Waals surface area contributed by atoms with E-state index >= 15 is 0 Å². The summed E-state index contributed by atoms with van der Waals surface area (Å²) in [4.78, 5) is 13.5. The molecule has 0 amide bonds. The summed E-state index contributed by atoms with van der Waals surface area (Å²) in [6, 6.07) is 5.23. The smallest absolute Gasteiger partial charge is 0.163 e. The number of likely N-dealkylation sites (N-methyl/N-ethyl adjacent to an activating group) is 1. The van der Waals surface area contributed by atoms with Crippen LogP contribution in [0.25, 0.3) is 0 Å².